The van der Waals surface area contributed by atoms with E-state index >= 15 is 0 Å². The number of rotatable bonds is 10. The molecule has 0 amide bonds. The topological polar surface area (TPSA) is 54.0 Å². The maximum atomic E-state index is 11.7. The smallest absolute Gasteiger partial charge is 0.332 e. The number of carbonyl (C=O) groups excluding carboxylic acids is 1. The Labute approximate surface area is 200 Å². The molecule has 2 aliphatic rings. The van der Waals surface area contributed by atoms with Crippen molar-refractivity contribution in [2.75, 3.05) is 26.4 Å². The fourth-order valence-corrected chi connectivity index (χ4v) is 4.25. The number of ether oxygens (including phenoxy) is 4. The lowest BCUT2D eigenvalue weighted by atomic mass is 9.91. The number of esters is 1. The molecule has 0 radical (unpaired) electrons. The molecule has 0 N–H and O–H groups in total. The van der Waals surface area contributed by atoms with Gasteiger partial charge in [-0.25, -0.2) is 4.79 Å². The van der Waals surface area contributed by atoms with E-state index in [0.717, 1.165) is 22.8 Å². The second-order valence-corrected chi connectivity index (χ2v) is 8.99. The summed E-state index contributed by atoms with van der Waals surface area (Å²) in [5, 5.41) is 0. The molecule has 1 aliphatic carbocycles. The van der Waals surface area contributed by atoms with Gasteiger partial charge in [-0.2, -0.15) is 0 Å². The van der Waals surface area contributed by atoms with Gasteiger partial charge in [0.15, 0.2) is 0 Å². The number of carbonyl (C=O) groups is 1. The van der Waals surface area contributed by atoms with E-state index in [0.29, 0.717) is 26.4 Å². The van der Waals surface area contributed by atoms with Crippen molar-refractivity contribution < 1.29 is 23.7 Å². The third-order valence-corrected chi connectivity index (χ3v) is 6.45. The summed E-state index contributed by atoms with van der Waals surface area (Å²) in [5.74, 6) is 1.19. The van der Waals surface area contributed by atoms with E-state index in [4.69, 9.17) is 18.9 Å². The van der Waals surface area contributed by atoms with Crippen LogP contribution in [-0.2, 0) is 31.2 Å². The molecule has 5 heteroatoms. The first-order chi connectivity index (χ1) is 16.6. The monoisotopic (exact) mass is 458 g/mol. The van der Waals surface area contributed by atoms with Crippen molar-refractivity contribution in [1.82, 2.24) is 0 Å². The highest BCUT2D eigenvalue weighted by Gasteiger charge is 2.42. The van der Waals surface area contributed by atoms with Gasteiger partial charge in [0, 0.05) is 0 Å². The number of hydrogen-bond donors (Lipinski definition) is 0. The van der Waals surface area contributed by atoms with Gasteiger partial charge in [0.1, 0.15) is 24.6 Å². The Morgan fingerprint density at radius 2 is 1.74 bits per heavy atom. The second-order valence-electron chi connectivity index (χ2n) is 8.99. The summed E-state index contributed by atoms with van der Waals surface area (Å²) >= 11 is 0. The molecule has 1 saturated carbocycles. The Kier molecular flexibility index (Phi) is 6.66. The van der Waals surface area contributed by atoms with Crippen LogP contribution in [-0.4, -0.2) is 32.4 Å². The zero-order valence-electron chi connectivity index (χ0n) is 19.5. The first-order valence-corrected chi connectivity index (χ1v) is 12.0. The minimum absolute atomic E-state index is 0.0882. The summed E-state index contributed by atoms with van der Waals surface area (Å²) in [4.78, 5) is 11.7. The van der Waals surface area contributed by atoms with Crippen LogP contribution in [0.5, 0.6) is 5.75 Å². The minimum Gasteiger partial charge on any atom is -0.489 e. The summed E-state index contributed by atoms with van der Waals surface area (Å²) in [6, 6.07) is 25.3. The minimum atomic E-state index is -0.603. The summed E-state index contributed by atoms with van der Waals surface area (Å²) in [6.45, 7) is 3.35. The first-order valence-electron chi connectivity index (χ1n) is 12.0. The largest absolute Gasteiger partial charge is 0.489 e. The molecular formula is C29H30O5. The van der Waals surface area contributed by atoms with E-state index in [1.165, 1.54) is 29.5 Å². The summed E-state index contributed by atoms with van der Waals surface area (Å²) < 4.78 is 22.3. The summed E-state index contributed by atoms with van der Waals surface area (Å²) in [5.41, 5.74) is 5.36. The van der Waals surface area contributed by atoms with Crippen LogP contribution in [0.25, 0.3) is 11.1 Å². The van der Waals surface area contributed by atoms with Crippen molar-refractivity contribution >= 4 is 5.97 Å². The van der Waals surface area contributed by atoms with Gasteiger partial charge in [0.2, 0.25) is 0 Å². The Hall–Kier alpha value is -3.15. The molecular weight excluding hydrogens is 428 g/mol. The van der Waals surface area contributed by atoms with Gasteiger partial charge in [-0.05, 0) is 71.7 Å². The predicted molar refractivity (Wildman–Crippen MR) is 130 cm³/mol. The molecule has 5 nitrogen and oxygen atoms in total. The van der Waals surface area contributed by atoms with Gasteiger partial charge in [-0.1, -0.05) is 54.6 Å². The molecule has 0 unspecified atom stereocenters. The Morgan fingerprint density at radius 1 is 0.971 bits per heavy atom. The first kappa shape index (κ1) is 22.6. The van der Waals surface area contributed by atoms with Crippen molar-refractivity contribution in [3.8, 4) is 16.9 Å². The predicted octanol–water partition coefficient (Wildman–Crippen LogP) is 5.62. The maximum absolute atomic E-state index is 11.7. The Morgan fingerprint density at radius 3 is 2.38 bits per heavy atom. The van der Waals surface area contributed by atoms with Crippen LogP contribution in [0.3, 0.4) is 0 Å². The Balaban J connectivity index is 1.19. The van der Waals surface area contributed by atoms with Crippen molar-refractivity contribution in [1.29, 1.82) is 0 Å². The SMILES string of the molecule is CCOC(=O)COC1(c2ccc(OCc3cccc(-c4ccc(C5CC5)cc4)c3)cc2)COC1. The van der Waals surface area contributed by atoms with Crippen molar-refractivity contribution in [2.45, 2.75) is 37.9 Å². The van der Waals surface area contributed by atoms with Gasteiger partial charge in [0.05, 0.1) is 19.8 Å². The van der Waals surface area contributed by atoms with Gasteiger partial charge < -0.3 is 18.9 Å². The normalized spacial score (nSPS) is 16.5. The van der Waals surface area contributed by atoms with Crippen LogP contribution in [0.2, 0.25) is 0 Å². The molecule has 3 aromatic carbocycles. The van der Waals surface area contributed by atoms with E-state index in [-0.39, 0.29) is 12.6 Å². The summed E-state index contributed by atoms with van der Waals surface area (Å²) in [7, 11) is 0. The highest BCUT2D eigenvalue weighted by atomic mass is 16.6. The zero-order valence-corrected chi connectivity index (χ0v) is 19.5. The average Bonchev–Trinajstić information content (AvgIpc) is 3.69. The van der Waals surface area contributed by atoms with Crippen LogP contribution < -0.4 is 4.74 Å². The van der Waals surface area contributed by atoms with E-state index in [1.807, 2.05) is 24.3 Å². The van der Waals surface area contributed by atoms with E-state index in [2.05, 4.69) is 48.5 Å². The lowest BCUT2D eigenvalue weighted by Gasteiger charge is -2.41. The lowest BCUT2D eigenvalue weighted by molar-refractivity contribution is -0.221. The molecule has 3 aromatic rings. The standard InChI is InChI=1S/C29H30O5/c1-2-32-28(30)18-34-29(19-31-20-29)26-12-14-27(15-13-26)33-17-21-4-3-5-25(16-21)24-10-8-23(9-11-24)22-6-7-22/h3-5,8-16,22H,2,6-7,17-20H2,1H3. The quantitative estimate of drug-likeness (QED) is 0.369. The van der Waals surface area contributed by atoms with Gasteiger partial charge in [-0.3, -0.25) is 0 Å². The lowest BCUT2D eigenvalue weighted by Crippen LogP contribution is -2.49. The van der Waals surface area contributed by atoms with E-state index < -0.39 is 5.60 Å². The molecule has 1 aliphatic heterocycles. The van der Waals surface area contributed by atoms with E-state index in [1.54, 1.807) is 6.92 Å². The third kappa shape index (κ3) is 5.16. The Bertz CT molecular complexity index is 1110. The fourth-order valence-electron chi connectivity index (χ4n) is 4.25. The summed E-state index contributed by atoms with van der Waals surface area (Å²) in [6.07, 6.45) is 2.64. The average molecular weight is 459 g/mol. The van der Waals surface area contributed by atoms with Crippen molar-refractivity contribution in [2.24, 2.45) is 0 Å². The molecule has 2 fully saturated rings. The number of benzene rings is 3. The van der Waals surface area contributed by atoms with Crippen molar-refractivity contribution in [3.63, 3.8) is 0 Å². The molecule has 0 atom stereocenters. The van der Waals surface area contributed by atoms with Crippen molar-refractivity contribution in [3.05, 3.63) is 89.5 Å². The molecule has 0 spiro atoms. The van der Waals surface area contributed by atoms with Gasteiger partial charge in [-0.15, -0.1) is 0 Å². The molecule has 0 aromatic heterocycles. The molecule has 34 heavy (non-hydrogen) atoms. The molecule has 176 valence electrons. The highest BCUT2D eigenvalue weighted by molar-refractivity contribution is 5.70. The molecule has 0 bridgehead atoms. The molecule has 1 heterocycles. The van der Waals surface area contributed by atoms with Crippen LogP contribution in [0, 0.1) is 0 Å². The fraction of sp³-hybridized carbons (Fsp3) is 0.345. The van der Waals surface area contributed by atoms with Crippen LogP contribution in [0.4, 0.5) is 0 Å². The number of hydrogen-bond acceptors (Lipinski definition) is 5. The second kappa shape index (κ2) is 10.00. The molecule has 5 rings (SSSR count). The van der Waals surface area contributed by atoms with E-state index in [9.17, 15) is 4.79 Å². The zero-order chi connectivity index (χ0) is 23.4. The van der Waals surface area contributed by atoms with Gasteiger partial charge >= 0.3 is 5.97 Å². The highest BCUT2D eigenvalue weighted by Crippen LogP contribution is 2.40. The maximum Gasteiger partial charge on any atom is 0.332 e. The van der Waals surface area contributed by atoms with Crippen LogP contribution in [0.15, 0.2) is 72.8 Å². The third-order valence-electron chi connectivity index (χ3n) is 6.45. The molecule has 1 saturated heterocycles. The van der Waals surface area contributed by atoms with Crippen LogP contribution in [0.1, 0.15) is 42.4 Å². The van der Waals surface area contributed by atoms with Crippen LogP contribution >= 0.6 is 0 Å². The van der Waals surface area contributed by atoms with Gasteiger partial charge in [0.25, 0.3) is 0 Å².